The molecule has 86 valence electrons. The summed E-state index contributed by atoms with van der Waals surface area (Å²) in [6.45, 7) is 8.51. The third-order valence-corrected chi connectivity index (χ3v) is 2.44. The number of rotatable bonds is 4. The van der Waals surface area contributed by atoms with E-state index < -0.39 is 14.2 Å². The van der Waals surface area contributed by atoms with Gasteiger partial charge in [0, 0.05) is 6.42 Å². The van der Waals surface area contributed by atoms with Crippen LogP contribution in [0.1, 0.15) is 19.8 Å². The zero-order valence-electron chi connectivity index (χ0n) is 9.96. The first-order valence-corrected chi connectivity index (χ1v) is 8.69. The van der Waals surface area contributed by atoms with Crippen molar-refractivity contribution in [1.82, 2.24) is 0 Å². The van der Waals surface area contributed by atoms with E-state index in [4.69, 9.17) is 4.74 Å². The molecule has 1 N–H and O–H groups in total. The van der Waals surface area contributed by atoms with Gasteiger partial charge in [0.05, 0.1) is 19.1 Å². The monoisotopic (exact) mass is 228 g/mol. The van der Waals surface area contributed by atoms with E-state index in [9.17, 15) is 9.90 Å². The van der Waals surface area contributed by atoms with Gasteiger partial charge in [-0.05, 0) is 6.92 Å². The maximum Gasteiger partial charge on any atom is 0.308 e. The van der Waals surface area contributed by atoms with Crippen LogP contribution in [-0.2, 0) is 9.53 Å². The van der Waals surface area contributed by atoms with Gasteiger partial charge in [-0.15, -0.1) is 11.5 Å². The molecule has 0 amide bonds. The summed E-state index contributed by atoms with van der Waals surface area (Å²) >= 11 is 0. The average molecular weight is 228 g/mol. The van der Waals surface area contributed by atoms with Crippen molar-refractivity contribution >= 4 is 14.0 Å². The van der Waals surface area contributed by atoms with Crippen LogP contribution in [0.4, 0.5) is 0 Å². The SMILES string of the molecule is CCOC(=O)C[C@H](O)CC#C[Si](C)(C)C. The highest BCUT2D eigenvalue weighted by Crippen LogP contribution is 2.01. The summed E-state index contributed by atoms with van der Waals surface area (Å²) in [4.78, 5) is 11.0. The smallest absolute Gasteiger partial charge is 0.308 e. The maximum absolute atomic E-state index is 11.0. The third kappa shape index (κ3) is 9.51. The predicted molar refractivity (Wildman–Crippen MR) is 63.0 cm³/mol. The van der Waals surface area contributed by atoms with Crippen LogP contribution in [0.2, 0.25) is 19.6 Å². The molecule has 15 heavy (non-hydrogen) atoms. The molecule has 0 aliphatic heterocycles. The van der Waals surface area contributed by atoms with E-state index in [0.717, 1.165) is 0 Å². The van der Waals surface area contributed by atoms with Crippen LogP contribution in [0.5, 0.6) is 0 Å². The van der Waals surface area contributed by atoms with Crippen molar-refractivity contribution in [3.8, 4) is 11.5 Å². The van der Waals surface area contributed by atoms with E-state index in [-0.39, 0.29) is 12.4 Å². The summed E-state index contributed by atoms with van der Waals surface area (Å²) in [6.07, 6.45) is -0.315. The van der Waals surface area contributed by atoms with Gasteiger partial charge in [0.25, 0.3) is 0 Å². The lowest BCUT2D eigenvalue weighted by molar-refractivity contribution is -0.145. The molecule has 0 aliphatic carbocycles. The van der Waals surface area contributed by atoms with E-state index in [1.807, 2.05) is 0 Å². The minimum Gasteiger partial charge on any atom is -0.466 e. The first-order valence-electron chi connectivity index (χ1n) is 5.19. The Morgan fingerprint density at radius 1 is 1.47 bits per heavy atom. The zero-order valence-corrected chi connectivity index (χ0v) is 11.0. The summed E-state index contributed by atoms with van der Waals surface area (Å²) in [5, 5.41) is 9.46. The largest absolute Gasteiger partial charge is 0.466 e. The summed E-state index contributed by atoms with van der Waals surface area (Å²) in [5.74, 6) is 2.57. The number of carbonyl (C=O) groups is 1. The Labute approximate surface area is 92.8 Å². The molecule has 0 fully saturated rings. The van der Waals surface area contributed by atoms with Crippen molar-refractivity contribution in [3.05, 3.63) is 0 Å². The van der Waals surface area contributed by atoms with Crippen LogP contribution in [0.15, 0.2) is 0 Å². The van der Waals surface area contributed by atoms with E-state index in [1.54, 1.807) is 6.92 Å². The Morgan fingerprint density at radius 3 is 2.53 bits per heavy atom. The molecule has 0 bridgehead atoms. The Balaban J connectivity index is 3.88. The van der Waals surface area contributed by atoms with Crippen molar-refractivity contribution in [2.75, 3.05) is 6.61 Å². The quantitative estimate of drug-likeness (QED) is 0.451. The van der Waals surface area contributed by atoms with Gasteiger partial charge >= 0.3 is 5.97 Å². The molecule has 0 unspecified atom stereocenters. The van der Waals surface area contributed by atoms with E-state index >= 15 is 0 Å². The summed E-state index contributed by atoms with van der Waals surface area (Å²) in [7, 11) is -1.37. The van der Waals surface area contributed by atoms with Gasteiger partial charge in [0.1, 0.15) is 8.07 Å². The van der Waals surface area contributed by atoms with Gasteiger partial charge in [-0.2, -0.15) is 0 Å². The summed E-state index contributed by atoms with van der Waals surface area (Å²) in [6, 6.07) is 0. The molecule has 0 aromatic heterocycles. The number of aliphatic hydroxyl groups is 1. The van der Waals surface area contributed by atoms with E-state index in [2.05, 4.69) is 31.1 Å². The Morgan fingerprint density at radius 2 is 2.07 bits per heavy atom. The highest BCUT2D eigenvalue weighted by atomic mass is 28.3. The van der Waals surface area contributed by atoms with Crippen molar-refractivity contribution < 1.29 is 14.6 Å². The molecule has 0 spiro atoms. The van der Waals surface area contributed by atoms with Gasteiger partial charge in [-0.25, -0.2) is 0 Å². The molecule has 4 heteroatoms. The molecule has 0 radical (unpaired) electrons. The topological polar surface area (TPSA) is 46.5 Å². The molecule has 1 atom stereocenters. The molecule has 0 heterocycles. The van der Waals surface area contributed by atoms with Crippen LogP contribution in [0, 0.1) is 11.5 Å². The molecule has 0 aliphatic rings. The van der Waals surface area contributed by atoms with Gasteiger partial charge in [0.15, 0.2) is 0 Å². The first-order chi connectivity index (χ1) is 6.85. The van der Waals surface area contributed by atoms with Crippen LogP contribution in [-0.4, -0.2) is 31.9 Å². The minimum absolute atomic E-state index is 0.0359. The lowest BCUT2D eigenvalue weighted by atomic mass is 10.2. The lowest BCUT2D eigenvalue weighted by Crippen LogP contribution is -2.18. The number of esters is 1. The molecular weight excluding hydrogens is 208 g/mol. The Bertz CT molecular complexity index is 257. The Kier molecular flexibility index (Phi) is 6.30. The van der Waals surface area contributed by atoms with Gasteiger partial charge in [-0.1, -0.05) is 19.6 Å². The second-order valence-corrected chi connectivity index (χ2v) is 9.17. The fourth-order valence-electron chi connectivity index (χ4n) is 0.918. The second-order valence-electron chi connectivity index (χ2n) is 4.42. The van der Waals surface area contributed by atoms with Crippen molar-refractivity contribution in [3.63, 3.8) is 0 Å². The van der Waals surface area contributed by atoms with E-state index in [0.29, 0.717) is 13.0 Å². The molecule has 0 saturated carbocycles. The number of carbonyl (C=O) groups excluding carboxylic acids is 1. The summed E-state index contributed by atoms with van der Waals surface area (Å²) < 4.78 is 4.72. The van der Waals surface area contributed by atoms with Crippen molar-refractivity contribution in [2.24, 2.45) is 0 Å². The normalized spacial score (nSPS) is 12.6. The maximum atomic E-state index is 11.0. The number of aliphatic hydroxyl groups excluding tert-OH is 1. The molecule has 0 aromatic rings. The third-order valence-electron chi connectivity index (χ3n) is 1.51. The molecule has 0 rings (SSSR count). The molecular formula is C11H20O3Si. The van der Waals surface area contributed by atoms with Gasteiger partial charge in [-0.3, -0.25) is 4.79 Å². The van der Waals surface area contributed by atoms with E-state index in [1.165, 1.54) is 0 Å². The van der Waals surface area contributed by atoms with Crippen LogP contribution >= 0.6 is 0 Å². The average Bonchev–Trinajstić information content (AvgIpc) is 2.01. The van der Waals surface area contributed by atoms with Crippen LogP contribution < -0.4 is 0 Å². The Hall–Kier alpha value is -0.793. The van der Waals surface area contributed by atoms with Gasteiger partial charge in [0.2, 0.25) is 0 Å². The highest BCUT2D eigenvalue weighted by molar-refractivity contribution is 6.83. The molecule has 0 saturated heterocycles. The van der Waals surface area contributed by atoms with Crippen LogP contribution in [0.3, 0.4) is 0 Å². The van der Waals surface area contributed by atoms with Gasteiger partial charge < -0.3 is 9.84 Å². The van der Waals surface area contributed by atoms with Crippen molar-refractivity contribution in [2.45, 2.75) is 45.5 Å². The first kappa shape index (κ1) is 14.2. The van der Waals surface area contributed by atoms with Crippen LogP contribution in [0.25, 0.3) is 0 Å². The predicted octanol–water partition coefficient (Wildman–Crippen LogP) is 1.57. The fourth-order valence-corrected chi connectivity index (χ4v) is 1.55. The zero-order chi connectivity index (χ0) is 11.9. The summed E-state index contributed by atoms with van der Waals surface area (Å²) in [5.41, 5.74) is 3.13. The minimum atomic E-state index is -1.37. The highest BCUT2D eigenvalue weighted by Gasteiger charge is 2.11. The molecule has 0 aromatic carbocycles. The number of ether oxygens (including phenoxy) is 1. The van der Waals surface area contributed by atoms with Crippen molar-refractivity contribution in [1.29, 1.82) is 0 Å². The number of hydrogen-bond acceptors (Lipinski definition) is 3. The lowest BCUT2D eigenvalue weighted by Gasteiger charge is -2.07. The number of hydrogen-bond donors (Lipinski definition) is 1. The molecule has 3 nitrogen and oxygen atoms in total. The fraction of sp³-hybridized carbons (Fsp3) is 0.727. The standard InChI is InChI=1S/C11H20O3Si/c1-5-14-11(13)9-10(12)7-6-8-15(2,3)4/h10,12H,5,7,9H2,1-4H3/t10-/m1/s1. The second kappa shape index (κ2) is 6.65.